The van der Waals surface area contributed by atoms with E-state index < -0.39 is 41.3 Å². The molecule has 10 heteroatoms. The Bertz CT molecular complexity index is 854. The van der Waals surface area contributed by atoms with Crippen molar-refractivity contribution in [1.82, 2.24) is 5.01 Å². The Balaban J connectivity index is 1.81. The number of alkyl halides is 6. The first-order valence-electron chi connectivity index (χ1n) is 9.51. The van der Waals surface area contributed by atoms with Crippen LogP contribution in [0.15, 0.2) is 42.5 Å². The number of benzene rings is 2. The predicted molar refractivity (Wildman–Crippen MR) is 99.2 cm³/mol. The Hall–Kier alpha value is -2.17. The van der Waals surface area contributed by atoms with Crippen LogP contribution in [0, 0.1) is 5.82 Å². The van der Waals surface area contributed by atoms with Crippen LogP contribution in [-0.2, 0) is 29.1 Å². The van der Waals surface area contributed by atoms with E-state index in [0.717, 1.165) is 5.56 Å². The zero-order valence-electron chi connectivity index (χ0n) is 16.4. The Labute approximate surface area is 174 Å². The number of hydrogen-bond donors (Lipinski definition) is 1. The molecule has 0 radical (unpaired) electrons. The van der Waals surface area contributed by atoms with Crippen molar-refractivity contribution in [1.29, 1.82) is 0 Å². The van der Waals surface area contributed by atoms with E-state index in [1.54, 1.807) is 17.1 Å². The summed E-state index contributed by atoms with van der Waals surface area (Å²) in [6.07, 6.45) is -8.74. The van der Waals surface area contributed by atoms with Gasteiger partial charge in [0, 0.05) is 18.5 Å². The first kappa shape index (κ1) is 23.5. The first-order valence-corrected chi connectivity index (χ1v) is 9.51. The molecule has 0 aliphatic carbocycles. The minimum Gasteiger partial charge on any atom is -0.376 e. The third kappa shape index (κ3) is 5.75. The predicted octanol–water partition coefficient (Wildman–Crippen LogP) is 5.29. The average molecular weight is 450 g/mol. The molecular weight excluding hydrogens is 429 g/mol. The molecule has 0 atom stereocenters. The van der Waals surface area contributed by atoms with Gasteiger partial charge >= 0.3 is 12.4 Å². The molecule has 31 heavy (non-hydrogen) atoms. The fourth-order valence-corrected chi connectivity index (χ4v) is 3.74. The van der Waals surface area contributed by atoms with E-state index in [9.17, 15) is 30.7 Å². The molecule has 1 heterocycles. The third-order valence-electron chi connectivity index (χ3n) is 5.51. The van der Waals surface area contributed by atoms with E-state index in [1.165, 1.54) is 12.1 Å². The molecule has 0 amide bonds. The van der Waals surface area contributed by atoms with Crippen LogP contribution in [0.2, 0.25) is 0 Å². The van der Waals surface area contributed by atoms with Crippen molar-refractivity contribution in [2.45, 2.75) is 37.2 Å². The molecule has 0 unspecified atom stereocenters. The van der Waals surface area contributed by atoms with Crippen LogP contribution < -0.4 is 5.84 Å². The SMILES string of the molecule is NN1CCC(COCc2cc(C(F)(F)F)cc(C(F)(F)F)c2)(c2ccc(F)cc2)CC1. The van der Waals surface area contributed by atoms with Crippen molar-refractivity contribution in [3.63, 3.8) is 0 Å². The number of piperidine rings is 1. The lowest BCUT2D eigenvalue weighted by molar-refractivity contribution is -0.143. The van der Waals surface area contributed by atoms with Gasteiger partial charge in [0.15, 0.2) is 0 Å². The molecule has 0 spiro atoms. The molecule has 3 nitrogen and oxygen atoms in total. The second kappa shape index (κ2) is 8.76. The summed E-state index contributed by atoms with van der Waals surface area (Å²) in [5.41, 5.74) is -2.79. The minimum absolute atomic E-state index is 0.0457. The van der Waals surface area contributed by atoms with Crippen molar-refractivity contribution in [2.24, 2.45) is 5.84 Å². The minimum atomic E-state index is -4.92. The van der Waals surface area contributed by atoms with Crippen LogP contribution in [0.5, 0.6) is 0 Å². The van der Waals surface area contributed by atoms with Crippen molar-refractivity contribution < 1.29 is 35.5 Å². The monoisotopic (exact) mass is 450 g/mol. The molecule has 0 bridgehead atoms. The molecular formula is C21H21F7N2O. The lowest BCUT2D eigenvalue weighted by atomic mass is 9.73. The second-order valence-corrected chi connectivity index (χ2v) is 7.73. The molecule has 2 aromatic carbocycles. The summed E-state index contributed by atoms with van der Waals surface area (Å²) >= 11 is 0. The second-order valence-electron chi connectivity index (χ2n) is 7.73. The highest BCUT2D eigenvalue weighted by Gasteiger charge is 2.38. The summed E-state index contributed by atoms with van der Waals surface area (Å²) in [7, 11) is 0. The van der Waals surface area contributed by atoms with E-state index in [0.29, 0.717) is 38.1 Å². The van der Waals surface area contributed by atoms with Gasteiger partial charge in [0.2, 0.25) is 0 Å². The van der Waals surface area contributed by atoms with Gasteiger partial charge in [-0.15, -0.1) is 0 Å². The Morgan fingerprint density at radius 1 is 0.871 bits per heavy atom. The van der Waals surface area contributed by atoms with Crippen LogP contribution in [0.25, 0.3) is 0 Å². The number of nitrogens with zero attached hydrogens (tertiary/aromatic N) is 1. The number of hydrogen-bond acceptors (Lipinski definition) is 3. The van der Waals surface area contributed by atoms with Gasteiger partial charge < -0.3 is 4.74 Å². The van der Waals surface area contributed by atoms with Crippen LogP contribution in [-0.4, -0.2) is 24.7 Å². The highest BCUT2D eigenvalue weighted by molar-refractivity contribution is 5.33. The lowest BCUT2D eigenvalue weighted by Crippen LogP contribution is -2.47. The Morgan fingerprint density at radius 3 is 1.87 bits per heavy atom. The number of hydrazine groups is 1. The first-order chi connectivity index (χ1) is 14.4. The van der Waals surface area contributed by atoms with Gasteiger partial charge in [-0.25, -0.2) is 9.40 Å². The van der Waals surface area contributed by atoms with Crippen LogP contribution >= 0.6 is 0 Å². The number of halogens is 7. The standard InChI is InChI=1S/C21H21F7N2O/c22-18-3-1-15(2-4-18)19(5-7-30(29)8-6-19)13-31-12-14-9-16(20(23,24)25)11-17(10-14)21(26,27)28/h1-4,9-11H,5-8,12-13,29H2. The lowest BCUT2D eigenvalue weighted by Gasteiger charge is -2.40. The number of rotatable bonds is 5. The van der Waals surface area contributed by atoms with Gasteiger partial charge in [-0.2, -0.15) is 26.3 Å². The fourth-order valence-electron chi connectivity index (χ4n) is 3.74. The fraction of sp³-hybridized carbons (Fsp3) is 0.429. The molecule has 1 aliphatic rings. The molecule has 3 rings (SSSR count). The summed E-state index contributed by atoms with van der Waals surface area (Å²) in [6.45, 7) is 0.650. The molecule has 0 saturated carbocycles. The highest BCUT2D eigenvalue weighted by atomic mass is 19.4. The van der Waals surface area contributed by atoms with Gasteiger partial charge in [-0.05, 0) is 54.3 Å². The Kier molecular flexibility index (Phi) is 6.64. The Morgan fingerprint density at radius 2 is 1.39 bits per heavy atom. The summed E-state index contributed by atoms with van der Waals surface area (Å²) in [5.74, 6) is 5.40. The van der Waals surface area contributed by atoms with Gasteiger partial charge in [0.25, 0.3) is 0 Å². The number of ether oxygens (including phenoxy) is 1. The number of nitrogens with two attached hydrogens (primary N) is 1. The summed E-state index contributed by atoms with van der Waals surface area (Å²) in [5, 5.41) is 1.62. The van der Waals surface area contributed by atoms with E-state index in [2.05, 4.69) is 0 Å². The van der Waals surface area contributed by atoms with Gasteiger partial charge in [0.05, 0.1) is 24.3 Å². The largest absolute Gasteiger partial charge is 0.416 e. The molecule has 0 aromatic heterocycles. The summed E-state index contributed by atoms with van der Waals surface area (Å²) < 4.78 is 97.2. The van der Waals surface area contributed by atoms with Gasteiger partial charge in [-0.3, -0.25) is 5.84 Å². The molecule has 1 aliphatic heterocycles. The maximum atomic E-state index is 13.3. The van der Waals surface area contributed by atoms with Crippen molar-refractivity contribution in [3.8, 4) is 0 Å². The van der Waals surface area contributed by atoms with E-state index >= 15 is 0 Å². The maximum absolute atomic E-state index is 13.3. The topological polar surface area (TPSA) is 38.5 Å². The van der Waals surface area contributed by atoms with Gasteiger partial charge in [-0.1, -0.05) is 12.1 Å². The smallest absolute Gasteiger partial charge is 0.376 e. The van der Waals surface area contributed by atoms with Crippen LogP contribution in [0.1, 0.15) is 35.1 Å². The molecule has 170 valence electrons. The molecule has 1 saturated heterocycles. The average Bonchev–Trinajstić information content (AvgIpc) is 2.69. The van der Waals surface area contributed by atoms with E-state index in [1.807, 2.05) is 0 Å². The zero-order chi connectivity index (χ0) is 22.9. The normalized spacial score (nSPS) is 17.7. The third-order valence-corrected chi connectivity index (χ3v) is 5.51. The highest BCUT2D eigenvalue weighted by Crippen LogP contribution is 2.38. The van der Waals surface area contributed by atoms with Gasteiger partial charge in [0.1, 0.15) is 5.82 Å². The van der Waals surface area contributed by atoms with Crippen molar-refractivity contribution in [3.05, 3.63) is 70.5 Å². The maximum Gasteiger partial charge on any atom is 0.416 e. The van der Waals surface area contributed by atoms with Crippen molar-refractivity contribution in [2.75, 3.05) is 19.7 Å². The van der Waals surface area contributed by atoms with Crippen LogP contribution in [0.3, 0.4) is 0 Å². The summed E-state index contributed by atoms with van der Waals surface area (Å²) in [6, 6.07) is 7.21. The molecule has 1 fully saturated rings. The van der Waals surface area contributed by atoms with E-state index in [-0.39, 0.29) is 18.2 Å². The van der Waals surface area contributed by atoms with Crippen LogP contribution in [0.4, 0.5) is 30.7 Å². The summed E-state index contributed by atoms with van der Waals surface area (Å²) in [4.78, 5) is 0. The quantitative estimate of drug-likeness (QED) is 0.497. The molecule has 2 N–H and O–H groups in total. The van der Waals surface area contributed by atoms with Crippen molar-refractivity contribution >= 4 is 0 Å². The van der Waals surface area contributed by atoms with E-state index in [4.69, 9.17) is 10.6 Å². The zero-order valence-corrected chi connectivity index (χ0v) is 16.4. The molecule has 2 aromatic rings.